The van der Waals surface area contributed by atoms with Gasteiger partial charge in [0.2, 0.25) is 5.91 Å². The topological polar surface area (TPSA) is 73.1 Å². The number of aromatic hydroxyl groups is 1. The predicted molar refractivity (Wildman–Crippen MR) is 72.4 cm³/mol. The number of nitrogens with zero attached hydrogens (tertiary/aromatic N) is 1. The normalized spacial score (nSPS) is 9.63. The molecule has 0 fully saturated rings. The largest absolute Gasteiger partial charge is 0.508 e. The lowest BCUT2D eigenvalue weighted by atomic mass is 10.1. The Bertz CT molecular complexity index is 627. The molecule has 0 bridgehead atoms. The minimum absolute atomic E-state index is 0.163. The maximum Gasteiger partial charge on any atom is 0.238 e. The summed E-state index contributed by atoms with van der Waals surface area (Å²) in [7, 11) is 0. The zero-order chi connectivity index (χ0) is 13.7. The molecule has 2 rings (SSSR count). The molecule has 1 amide bonds. The number of benzene rings is 2. The van der Waals surface area contributed by atoms with Crippen molar-refractivity contribution in [2.24, 2.45) is 0 Å². The molecule has 0 aromatic heterocycles. The van der Waals surface area contributed by atoms with Crippen LogP contribution in [0.15, 0.2) is 48.5 Å². The number of hydrogen-bond acceptors (Lipinski definition) is 3. The van der Waals surface area contributed by atoms with Crippen LogP contribution in [0.3, 0.4) is 0 Å². The molecule has 4 heteroatoms. The van der Waals surface area contributed by atoms with E-state index in [0.29, 0.717) is 5.69 Å². The van der Waals surface area contributed by atoms with Crippen LogP contribution in [-0.4, -0.2) is 11.0 Å². The molecule has 2 aromatic carbocycles. The van der Waals surface area contributed by atoms with E-state index in [9.17, 15) is 9.90 Å². The van der Waals surface area contributed by atoms with Gasteiger partial charge in [0, 0.05) is 5.69 Å². The summed E-state index contributed by atoms with van der Waals surface area (Å²) in [6.45, 7) is 0. The number of carbonyl (C=O) groups excluding carboxylic acids is 1. The van der Waals surface area contributed by atoms with Crippen molar-refractivity contribution in [3.63, 3.8) is 0 Å². The Balaban J connectivity index is 2.22. The molecule has 0 heterocycles. The molecule has 0 atom stereocenters. The van der Waals surface area contributed by atoms with E-state index >= 15 is 0 Å². The second kappa shape index (κ2) is 5.69. The summed E-state index contributed by atoms with van der Waals surface area (Å²) >= 11 is 0. The van der Waals surface area contributed by atoms with Crippen LogP contribution < -0.4 is 5.32 Å². The van der Waals surface area contributed by atoms with E-state index in [-0.39, 0.29) is 18.1 Å². The number of hydrogen-bond donors (Lipinski definition) is 2. The number of amides is 1. The van der Waals surface area contributed by atoms with Gasteiger partial charge in [0.05, 0.1) is 6.07 Å². The lowest BCUT2D eigenvalue weighted by molar-refractivity contribution is -0.115. The Morgan fingerprint density at radius 2 is 1.89 bits per heavy atom. The minimum atomic E-state index is -0.328. The summed E-state index contributed by atoms with van der Waals surface area (Å²) in [4.78, 5) is 11.3. The summed E-state index contributed by atoms with van der Waals surface area (Å²) in [5, 5.41) is 20.3. The van der Waals surface area contributed by atoms with E-state index in [4.69, 9.17) is 5.26 Å². The Morgan fingerprint density at radius 1 is 1.16 bits per heavy atom. The van der Waals surface area contributed by atoms with Gasteiger partial charge in [-0.2, -0.15) is 5.26 Å². The monoisotopic (exact) mass is 252 g/mol. The van der Waals surface area contributed by atoms with Crippen LogP contribution in [-0.2, 0) is 4.79 Å². The van der Waals surface area contributed by atoms with Gasteiger partial charge in [-0.15, -0.1) is 0 Å². The second-order valence-corrected chi connectivity index (χ2v) is 4.01. The van der Waals surface area contributed by atoms with Crippen LogP contribution in [0, 0.1) is 11.3 Å². The van der Waals surface area contributed by atoms with Crippen LogP contribution in [0.25, 0.3) is 11.1 Å². The van der Waals surface area contributed by atoms with Crippen molar-refractivity contribution in [1.82, 2.24) is 0 Å². The molecule has 2 aromatic rings. The third kappa shape index (κ3) is 3.33. The van der Waals surface area contributed by atoms with E-state index < -0.39 is 0 Å². The van der Waals surface area contributed by atoms with Crippen molar-refractivity contribution >= 4 is 11.6 Å². The average molecular weight is 252 g/mol. The van der Waals surface area contributed by atoms with E-state index in [1.807, 2.05) is 18.2 Å². The van der Waals surface area contributed by atoms with E-state index in [1.54, 1.807) is 36.4 Å². The molecule has 0 aliphatic carbocycles. The van der Waals surface area contributed by atoms with E-state index in [2.05, 4.69) is 5.32 Å². The average Bonchev–Trinajstić information content (AvgIpc) is 2.40. The van der Waals surface area contributed by atoms with Crippen LogP contribution in [0.4, 0.5) is 5.69 Å². The lowest BCUT2D eigenvalue weighted by Crippen LogP contribution is -2.09. The first-order chi connectivity index (χ1) is 9.19. The smallest absolute Gasteiger partial charge is 0.238 e. The maximum atomic E-state index is 11.3. The van der Waals surface area contributed by atoms with Crippen LogP contribution >= 0.6 is 0 Å². The van der Waals surface area contributed by atoms with Crippen molar-refractivity contribution in [2.45, 2.75) is 6.42 Å². The molecule has 19 heavy (non-hydrogen) atoms. The van der Waals surface area contributed by atoms with Gasteiger partial charge >= 0.3 is 0 Å². The number of phenolic OH excluding ortho intramolecular Hbond substituents is 1. The highest BCUT2D eigenvalue weighted by Crippen LogP contribution is 2.24. The highest BCUT2D eigenvalue weighted by molar-refractivity contribution is 5.92. The van der Waals surface area contributed by atoms with Crippen molar-refractivity contribution in [3.05, 3.63) is 48.5 Å². The third-order valence-electron chi connectivity index (χ3n) is 2.59. The molecule has 0 radical (unpaired) electrons. The first kappa shape index (κ1) is 12.7. The van der Waals surface area contributed by atoms with E-state index in [1.165, 1.54) is 0 Å². The van der Waals surface area contributed by atoms with Gasteiger partial charge in [-0.3, -0.25) is 4.79 Å². The fourth-order valence-corrected chi connectivity index (χ4v) is 1.71. The van der Waals surface area contributed by atoms with Crippen molar-refractivity contribution in [3.8, 4) is 22.9 Å². The van der Waals surface area contributed by atoms with Crippen LogP contribution in [0.5, 0.6) is 5.75 Å². The SMILES string of the molecule is N#CCC(=O)Nc1cccc(-c2ccc(O)cc2)c1. The van der Waals surface area contributed by atoms with Crippen molar-refractivity contribution < 1.29 is 9.90 Å². The summed E-state index contributed by atoms with van der Waals surface area (Å²) < 4.78 is 0. The Kier molecular flexibility index (Phi) is 3.79. The molecule has 0 unspecified atom stereocenters. The van der Waals surface area contributed by atoms with Crippen LogP contribution in [0.2, 0.25) is 0 Å². The first-order valence-electron chi connectivity index (χ1n) is 5.75. The Hall–Kier alpha value is -2.80. The molecule has 0 spiro atoms. The zero-order valence-corrected chi connectivity index (χ0v) is 10.1. The molecular weight excluding hydrogens is 240 g/mol. The number of anilines is 1. The summed E-state index contributed by atoms with van der Waals surface area (Å²) in [5.74, 6) is -0.118. The minimum Gasteiger partial charge on any atom is -0.508 e. The molecule has 0 aliphatic rings. The number of nitriles is 1. The summed E-state index contributed by atoms with van der Waals surface area (Å²) in [5.41, 5.74) is 2.51. The quantitative estimate of drug-likeness (QED) is 0.882. The number of nitrogens with one attached hydrogen (secondary N) is 1. The number of phenols is 1. The molecular formula is C15H12N2O2. The maximum absolute atomic E-state index is 11.3. The fraction of sp³-hybridized carbons (Fsp3) is 0.0667. The summed E-state index contributed by atoms with van der Waals surface area (Å²) in [6.07, 6.45) is -0.163. The van der Waals surface area contributed by atoms with Gasteiger partial charge in [-0.25, -0.2) is 0 Å². The standard InChI is InChI=1S/C15H12N2O2/c16-9-8-15(19)17-13-3-1-2-12(10-13)11-4-6-14(18)7-5-11/h1-7,10,18H,8H2,(H,17,19). The molecule has 2 N–H and O–H groups in total. The predicted octanol–water partition coefficient (Wildman–Crippen LogP) is 2.91. The van der Waals surface area contributed by atoms with Gasteiger partial charge < -0.3 is 10.4 Å². The number of rotatable bonds is 3. The third-order valence-corrected chi connectivity index (χ3v) is 2.59. The highest BCUT2D eigenvalue weighted by atomic mass is 16.3. The van der Waals surface area contributed by atoms with Crippen LogP contribution in [0.1, 0.15) is 6.42 Å². The Labute approximate surface area is 110 Å². The molecule has 0 saturated carbocycles. The molecule has 0 aliphatic heterocycles. The van der Waals surface area contributed by atoms with Gasteiger partial charge in [-0.05, 0) is 35.4 Å². The van der Waals surface area contributed by atoms with Gasteiger partial charge in [0.15, 0.2) is 0 Å². The van der Waals surface area contributed by atoms with Gasteiger partial charge in [0.1, 0.15) is 12.2 Å². The molecule has 94 valence electrons. The molecule has 0 saturated heterocycles. The first-order valence-corrected chi connectivity index (χ1v) is 5.75. The highest BCUT2D eigenvalue weighted by Gasteiger charge is 2.03. The summed E-state index contributed by atoms with van der Waals surface area (Å²) in [6, 6.07) is 15.9. The fourth-order valence-electron chi connectivity index (χ4n) is 1.71. The number of carbonyl (C=O) groups is 1. The van der Waals surface area contributed by atoms with Crippen molar-refractivity contribution in [2.75, 3.05) is 5.32 Å². The molecule has 4 nitrogen and oxygen atoms in total. The van der Waals surface area contributed by atoms with Gasteiger partial charge in [0.25, 0.3) is 0 Å². The van der Waals surface area contributed by atoms with E-state index in [0.717, 1.165) is 11.1 Å². The second-order valence-electron chi connectivity index (χ2n) is 4.01. The van der Waals surface area contributed by atoms with Crippen molar-refractivity contribution in [1.29, 1.82) is 5.26 Å². The lowest BCUT2D eigenvalue weighted by Gasteiger charge is -2.06. The Morgan fingerprint density at radius 3 is 2.58 bits per heavy atom. The van der Waals surface area contributed by atoms with Gasteiger partial charge in [-0.1, -0.05) is 24.3 Å². The zero-order valence-electron chi connectivity index (χ0n) is 10.1.